The molecule has 0 fully saturated rings. The molecule has 0 heterocycles. The molecule has 0 aliphatic carbocycles. The van der Waals surface area contributed by atoms with Gasteiger partial charge in [0, 0.05) is 17.8 Å². The maximum atomic E-state index is 12.5. The summed E-state index contributed by atoms with van der Waals surface area (Å²) in [6.45, 7) is 0.153. The Labute approximate surface area is 163 Å². The van der Waals surface area contributed by atoms with Gasteiger partial charge >= 0.3 is 0 Å². The quantitative estimate of drug-likeness (QED) is 0.673. The van der Waals surface area contributed by atoms with E-state index in [9.17, 15) is 13.2 Å². The van der Waals surface area contributed by atoms with Crippen LogP contribution in [0.1, 0.15) is 21.5 Å². The van der Waals surface area contributed by atoms with E-state index >= 15 is 0 Å². The van der Waals surface area contributed by atoms with Crippen molar-refractivity contribution >= 4 is 21.6 Å². The second-order valence-electron chi connectivity index (χ2n) is 5.98. The Morgan fingerprint density at radius 3 is 2.43 bits per heavy atom. The van der Waals surface area contributed by atoms with Crippen molar-refractivity contribution < 1.29 is 13.2 Å². The van der Waals surface area contributed by atoms with Gasteiger partial charge in [-0.15, -0.1) is 0 Å². The SMILES string of the molecule is N#Cc1cccc(NC(=O)c2cccc(S(=O)(=O)NCc3ccccc3)c2)c1. The largest absolute Gasteiger partial charge is 0.322 e. The summed E-state index contributed by atoms with van der Waals surface area (Å²) in [4.78, 5) is 12.5. The molecule has 6 nitrogen and oxygen atoms in total. The van der Waals surface area contributed by atoms with E-state index in [2.05, 4.69) is 10.0 Å². The van der Waals surface area contributed by atoms with Crippen LogP contribution in [0.3, 0.4) is 0 Å². The highest BCUT2D eigenvalue weighted by atomic mass is 32.2. The van der Waals surface area contributed by atoms with Crippen LogP contribution in [-0.2, 0) is 16.6 Å². The van der Waals surface area contributed by atoms with Gasteiger partial charge in [0.25, 0.3) is 5.91 Å². The highest BCUT2D eigenvalue weighted by Crippen LogP contribution is 2.15. The van der Waals surface area contributed by atoms with Gasteiger partial charge in [0.15, 0.2) is 0 Å². The first-order valence-electron chi connectivity index (χ1n) is 8.43. The first-order chi connectivity index (χ1) is 13.5. The number of carbonyl (C=O) groups is 1. The van der Waals surface area contributed by atoms with Crippen molar-refractivity contribution in [2.45, 2.75) is 11.4 Å². The van der Waals surface area contributed by atoms with Crippen LogP contribution in [0, 0.1) is 11.3 Å². The van der Waals surface area contributed by atoms with E-state index in [1.165, 1.54) is 24.3 Å². The van der Waals surface area contributed by atoms with Crippen LogP contribution in [0.25, 0.3) is 0 Å². The molecular weight excluding hydrogens is 374 g/mol. The number of nitrogens with zero attached hydrogens (tertiary/aromatic N) is 1. The summed E-state index contributed by atoms with van der Waals surface area (Å²) in [6, 6.07) is 23.4. The number of anilines is 1. The molecule has 28 heavy (non-hydrogen) atoms. The third-order valence-electron chi connectivity index (χ3n) is 3.97. The van der Waals surface area contributed by atoms with Crippen LogP contribution in [-0.4, -0.2) is 14.3 Å². The van der Waals surface area contributed by atoms with Gasteiger partial charge in [0.2, 0.25) is 10.0 Å². The zero-order valence-electron chi connectivity index (χ0n) is 14.8. The van der Waals surface area contributed by atoms with E-state index in [1.54, 1.807) is 24.3 Å². The van der Waals surface area contributed by atoms with E-state index in [4.69, 9.17) is 5.26 Å². The Bertz CT molecular complexity index is 1140. The second-order valence-corrected chi connectivity index (χ2v) is 7.75. The molecule has 0 aromatic heterocycles. The van der Waals surface area contributed by atoms with Gasteiger partial charge < -0.3 is 5.32 Å². The lowest BCUT2D eigenvalue weighted by Crippen LogP contribution is -2.23. The number of amides is 1. The zero-order valence-corrected chi connectivity index (χ0v) is 15.6. The summed E-state index contributed by atoms with van der Waals surface area (Å²) in [5.74, 6) is -0.463. The molecule has 0 spiro atoms. The van der Waals surface area contributed by atoms with Crippen molar-refractivity contribution in [1.29, 1.82) is 5.26 Å². The predicted octanol–water partition coefficient (Wildman–Crippen LogP) is 3.29. The number of hydrogen-bond donors (Lipinski definition) is 2. The fourth-order valence-electron chi connectivity index (χ4n) is 2.53. The first-order valence-corrected chi connectivity index (χ1v) is 9.91. The maximum Gasteiger partial charge on any atom is 0.255 e. The first kappa shape index (κ1) is 19.3. The number of benzene rings is 3. The van der Waals surface area contributed by atoms with Gasteiger partial charge in [-0.3, -0.25) is 4.79 Å². The fraction of sp³-hybridized carbons (Fsp3) is 0.0476. The van der Waals surface area contributed by atoms with Crippen molar-refractivity contribution in [2.24, 2.45) is 0 Å². The fourth-order valence-corrected chi connectivity index (χ4v) is 3.59. The minimum absolute atomic E-state index is 0.00172. The number of carbonyl (C=O) groups excluding carboxylic acids is 1. The third kappa shape index (κ3) is 4.82. The highest BCUT2D eigenvalue weighted by Gasteiger charge is 2.16. The van der Waals surface area contributed by atoms with Crippen molar-refractivity contribution in [3.05, 3.63) is 95.6 Å². The van der Waals surface area contributed by atoms with E-state index in [1.807, 2.05) is 36.4 Å². The molecular formula is C21H17N3O3S. The molecule has 0 atom stereocenters. The molecule has 3 rings (SSSR count). The molecule has 7 heteroatoms. The van der Waals surface area contributed by atoms with Gasteiger partial charge in [-0.05, 0) is 42.0 Å². The second kappa shape index (κ2) is 8.48. The zero-order chi connectivity index (χ0) is 20.0. The highest BCUT2D eigenvalue weighted by molar-refractivity contribution is 7.89. The number of rotatable bonds is 6. The third-order valence-corrected chi connectivity index (χ3v) is 5.36. The Morgan fingerprint density at radius 2 is 1.68 bits per heavy atom. The minimum atomic E-state index is -3.77. The van der Waals surface area contributed by atoms with Gasteiger partial charge in [0.05, 0.1) is 16.5 Å². The number of nitrogens with one attached hydrogen (secondary N) is 2. The Hall–Kier alpha value is -3.47. The van der Waals surface area contributed by atoms with Crippen molar-refractivity contribution in [1.82, 2.24) is 4.72 Å². The van der Waals surface area contributed by atoms with E-state index in [-0.39, 0.29) is 17.0 Å². The molecule has 0 bridgehead atoms. The standard InChI is InChI=1S/C21H17N3O3S/c22-14-17-8-4-10-19(12-17)24-21(25)18-9-5-11-20(13-18)28(26,27)23-15-16-6-2-1-3-7-16/h1-13,23H,15H2,(H,24,25). The summed E-state index contributed by atoms with van der Waals surface area (Å²) >= 11 is 0. The average Bonchev–Trinajstić information content (AvgIpc) is 2.73. The summed E-state index contributed by atoms with van der Waals surface area (Å²) in [5, 5.41) is 11.6. The maximum absolute atomic E-state index is 12.5. The molecule has 0 saturated carbocycles. The molecule has 0 saturated heterocycles. The number of nitriles is 1. The normalized spacial score (nSPS) is 10.8. The molecule has 0 aliphatic rings. The minimum Gasteiger partial charge on any atom is -0.322 e. The summed E-state index contributed by atoms with van der Waals surface area (Å²) in [7, 11) is -3.77. The van der Waals surface area contributed by atoms with Crippen LogP contribution in [0.4, 0.5) is 5.69 Å². The van der Waals surface area contributed by atoms with Crippen LogP contribution >= 0.6 is 0 Å². The van der Waals surface area contributed by atoms with Crippen LogP contribution < -0.4 is 10.0 Å². The van der Waals surface area contributed by atoms with Crippen molar-refractivity contribution in [3.63, 3.8) is 0 Å². The smallest absolute Gasteiger partial charge is 0.255 e. The molecule has 0 aliphatic heterocycles. The molecule has 2 N–H and O–H groups in total. The van der Waals surface area contributed by atoms with Crippen LogP contribution in [0.5, 0.6) is 0 Å². The molecule has 140 valence electrons. The lowest BCUT2D eigenvalue weighted by molar-refractivity contribution is 0.102. The van der Waals surface area contributed by atoms with Crippen LogP contribution in [0.2, 0.25) is 0 Å². The van der Waals surface area contributed by atoms with E-state index in [0.29, 0.717) is 11.3 Å². The van der Waals surface area contributed by atoms with Gasteiger partial charge in [-0.25, -0.2) is 13.1 Å². The van der Waals surface area contributed by atoms with Gasteiger partial charge in [-0.2, -0.15) is 5.26 Å². The van der Waals surface area contributed by atoms with E-state index in [0.717, 1.165) is 5.56 Å². The summed E-state index contributed by atoms with van der Waals surface area (Å²) in [6.07, 6.45) is 0. The monoisotopic (exact) mass is 391 g/mol. The molecule has 0 unspecified atom stereocenters. The van der Waals surface area contributed by atoms with E-state index < -0.39 is 15.9 Å². The summed E-state index contributed by atoms with van der Waals surface area (Å²) < 4.78 is 27.6. The van der Waals surface area contributed by atoms with Crippen molar-refractivity contribution in [3.8, 4) is 6.07 Å². The van der Waals surface area contributed by atoms with Crippen molar-refractivity contribution in [2.75, 3.05) is 5.32 Å². The number of hydrogen-bond acceptors (Lipinski definition) is 4. The molecule has 0 radical (unpaired) electrons. The summed E-state index contributed by atoms with van der Waals surface area (Å²) in [5.41, 5.74) is 1.90. The Balaban J connectivity index is 1.75. The molecule has 1 amide bonds. The lowest BCUT2D eigenvalue weighted by Gasteiger charge is -2.09. The molecule has 3 aromatic carbocycles. The lowest BCUT2D eigenvalue weighted by atomic mass is 10.2. The van der Waals surface area contributed by atoms with Gasteiger partial charge in [0.1, 0.15) is 0 Å². The average molecular weight is 391 g/mol. The topological polar surface area (TPSA) is 99.1 Å². The Morgan fingerprint density at radius 1 is 0.929 bits per heavy atom. The van der Waals surface area contributed by atoms with Crippen LogP contribution in [0.15, 0.2) is 83.8 Å². The predicted molar refractivity (Wildman–Crippen MR) is 106 cm³/mol. The van der Waals surface area contributed by atoms with Gasteiger partial charge in [-0.1, -0.05) is 42.5 Å². The molecule has 3 aromatic rings. The Kier molecular flexibility index (Phi) is 5.84. The number of sulfonamides is 1.